The second-order valence-corrected chi connectivity index (χ2v) is 5.11. The molecule has 17 heavy (non-hydrogen) atoms. The first-order valence-electron chi connectivity index (χ1n) is 5.18. The predicted molar refractivity (Wildman–Crippen MR) is 61.2 cm³/mol. The summed E-state index contributed by atoms with van der Waals surface area (Å²) in [5.74, 6) is 1.11. The number of hydrogen-bond donors (Lipinski definition) is 0. The molecule has 4 nitrogen and oxygen atoms in total. The maximum atomic E-state index is 10.8. The maximum absolute atomic E-state index is 10.8. The molecule has 1 atom stereocenters. The van der Waals surface area contributed by atoms with Crippen molar-refractivity contribution in [1.29, 1.82) is 0 Å². The number of rotatable bonds is 3. The van der Waals surface area contributed by atoms with Crippen molar-refractivity contribution in [2.75, 3.05) is 0 Å². The van der Waals surface area contributed by atoms with Crippen LogP contribution in [-0.4, -0.2) is 18.7 Å². The molecule has 6 heteroatoms. The van der Waals surface area contributed by atoms with Crippen molar-refractivity contribution in [3.05, 3.63) is 28.7 Å². The molecular formula is C11H13KN2O2S. The third kappa shape index (κ3) is 4.02. The van der Waals surface area contributed by atoms with E-state index in [1.807, 2.05) is 0 Å². The number of aromatic nitrogens is 2. The van der Waals surface area contributed by atoms with Gasteiger partial charge in [0, 0.05) is 22.9 Å². The monoisotopic (exact) mass is 276 g/mol. The van der Waals surface area contributed by atoms with Crippen LogP contribution in [0.5, 0.6) is 0 Å². The van der Waals surface area contributed by atoms with Crippen molar-refractivity contribution < 1.29 is 60.1 Å². The van der Waals surface area contributed by atoms with Gasteiger partial charge in [0.05, 0.1) is 0 Å². The van der Waals surface area contributed by atoms with Gasteiger partial charge in [-0.3, -0.25) is 4.21 Å². The molecule has 1 aromatic heterocycles. The fraction of sp³-hybridized carbons (Fsp3) is 0.455. The van der Waals surface area contributed by atoms with E-state index in [4.69, 9.17) is 0 Å². The van der Waals surface area contributed by atoms with E-state index in [1.54, 1.807) is 26.2 Å². The molecule has 1 heterocycles. The van der Waals surface area contributed by atoms with Crippen LogP contribution in [0.2, 0.25) is 0 Å². The van der Waals surface area contributed by atoms with Crippen molar-refractivity contribution in [2.24, 2.45) is 0 Å². The number of hydrogen-bond acceptors (Lipinski definition) is 4. The third-order valence-electron chi connectivity index (χ3n) is 2.83. The van der Waals surface area contributed by atoms with Gasteiger partial charge in [0.25, 0.3) is 0 Å². The van der Waals surface area contributed by atoms with Crippen molar-refractivity contribution in [3.8, 4) is 0 Å². The van der Waals surface area contributed by atoms with Gasteiger partial charge in [0.2, 0.25) is 0 Å². The third-order valence-corrected chi connectivity index (χ3v) is 3.64. The van der Waals surface area contributed by atoms with Crippen molar-refractivity contribution in [2.45, 2.75) is 32.6 Å². The summed E-state index contributed by atoms with van der Waals surface area (Å²) in [5.41, 5.74) is 1.76. The van der Waals surface area contributed by atoms with E-state index in [-0.39, 0.29) is 51.4 Å². The molecule has 0 aliphatic heterocycles. The van der Waals surface area contributed by atoms with Crippen molar-refractivity contribution >= 4 is 16.7 Å². The quantitative estimate of drug-likeness (QED) is 0.524. The molecule has 0 spiro atoms. The van der Waals surface area contributed by atoms with Gasteiger partial charge in [-0.05, 0) is 49.3 Å². The van der Waals surface area contributed by atoms with Crippen LogP contribution < -0.4 is 51.4 Å². The fourth-order valence-electron chi connectivity index (χ4n) is 1.44. The summed E-state index contributed by atoms with van der Waals surface area (Å²) in [7, 11) is 0. The van der Waals surface area contributed by atoms with Crippen LogP contribution >= 0.6 is 0 Å². The number of nitrogens with zero attached hydrogens (tertiary/aromatic N) is 2. The molecule has 0 amide bonds. The van der Waals surface area contributed by atoms with Gasteiger partial charge < -0.3 is 4.55 Å². The van der Waals surface area contributed by atoms with E-state index in [9.17, 15) is 8.76 Å². The average Bonchev–Trinajstić information content (AvgIpc) is 3.11. The Hall–Kier alpha value is 0.566. The summed E-state index contributed by atoms with van der Waals surface area (Å²) in [6.07, 6.45) is 6.01. The Bertz CT molecular complexity index is 455. The minimum atomic E-state index is -2.19. The summed E-state index contributed by atoms with van der Waals surface area (Å²) in [6, 6.07) is 0. The first-order valence-corrected chi connectivity index (χ1v) is 6.26. The average molecular weight is 276 g/mol. The topological polar surface area (TPSA) is 65.9 Å². The molecule has 1 aromatic rings. The van der Waals surface area contributed by atoms with Crippen LogP contribution in [0.25, 0.3) is 5.57 Å². The van der Waals surface area contributed by atoms with Crippen molar-refractivity contribution in [1.82, 2.24) is 9.97 Å². The van der Waals surface area contributed by atoms with E-state index in [2.05, 4.69) is 9.97 Å². The Labute approximate surface area is 146 Å². The Kier molecular flexibility index (Phi) is 6.11. The van der Waals surface area contributed by atoms with Crippen LogP contribution in [0.15, 0.2) is 17.3 Å². The van der Waals surface area contributed by atoms with Gasteiger partial charge in [-0.15, -0.1) is 0 Å². The van der Waals surface area contributed by atoms with Crippen LogP contribution in [0.3, 0.4) is 0 Å². The second kappa shape index (κ2) is 6.65. The predicted octanol–water partition coefficient (Wildman–Crippen LogP) is -1.01. The fourth-order valence-corrected chi connectivity index (χ4v) is 1.78. The molecular weight excluding hydrogens is 263 g/mol. The van der Waals surface area contributed by atoms with Crippen molar-refractivity contribution in [3.63, 3.8) is 0 Å². The minimum Gasteiger partial charge on any atom is -0.769 e. The molecule has 0 radical (unpaired) electrons. The smallest absolute Gasteiger partial charge is 0.769 e. The maximum Gasteiger partial charge on any atom is 1.00 e. The molecule has 1 aliphatic carbocycles. The molecule has 1 unspecified atom stereocenters. The Morgan fingerprint density at radius 1 is 1.35 bits per heavy atom. The summed E-state index contributed by atoms with van der Waals surface area (Å²) < 4.78 is 21.6. The SMILES string of the molecule is C/C(=C(/C)S(=O)[O-])c1ncc(C2CC2)cn1.[K+]. The number of allylic oxidation sites excluding steroid dienone is 2. The Balaban J connectivity index is 0.00000144. The van der Waals surface area contributed by atoms with Crippen LogP contribution in [-0.2, 0) is 11.1 Å². The summed E-state index contributed by atoms with van der Waals surface area (Å²) in [4.78, 5) is 8.69. The summed E-state index contributed by atoms with van der Waals surface area (Å²) in [6.45, 7) is 3.27. The molecule has 86 valence electrons. The van der Waals surface area contributed by atoms with Gasteiger partial charge >= 0.3 is 51.4 Å². The van der Waals surface area contributed by atoms with E-state index >= 15 is 0 Å². The van der Waals surface area contributed by atoms with E-state index in [0.29, 0.717) is 22.2 Å². The first kappa shape index (κ1) is 15.6. The summed E-state index contributed by atoms with van der Waals surface area (Å²) >= 11 is -2.19. The van der Waals surface area contributed by atoms with Crippen LogP contribution in [0, 0.1) is 0 Å². The molecule has 1 aliphatic rings. The molecule has 2 rings (SSSR count). The zero-order valence-electron chi connectivity index (χ0n) is 10.3. The Morgan fingerprint density at radius 3 is 2.29 bits per heavy atom. The first-order chi connectivity index (χ1) is 7.59. The van der Waals surface area contributed by atoms with Crippen LogP contribution in [0.4, 0.5) is 0 Å². The zero-order valence-corrected chi connectivity index (χ0v) is 14.2. The van der Waals surface area contributed by atoms with E-state index in [1.165, 1.54) is 12.8 Å². The standard InChI is InChI=1S/C11H14N2O2S.K/c1-7(8(2)16(14)15)11-12-5-10(6-13-11)9-3-4-9;/h5-6,9H,3-4H2,1-2H3,(H,14,15);/q;+1/p-1/b8-7+;. The van der Waals surface area contributed by atoms with Crippen LogP contribution in [0.1, 0.15) is 44.0 Å². The Morgan fingerprint density at radius 2 is 1.88 bits per heavy atom. The summed E-state index contributed by atoms with van der Waals surface area (Å²) in [5, 5.41) is 0. The molecule has 1 fully saturated rings. The molecule has 0 N–H and O–H groups in total. The molecule has 1 saturated carbocycles. The van der Waals surface area contributed by atoms with Gasteiger partial charge in [0.1, 0.15) is 0 Å². The molecule has 0 aromatic carbocycles. The van der Waals surface area contributed by atoms with E-state index < -0.39 is 11.1 Å². The van der Waals surface area contributed by atoms with Gasteiger partial charge in [0.15, 0.2) is 5.82 Å². The minimum absolute atomic E-state index is 0. The molecule has 0 saturated heterocycles. The van der Waals surface area contributed by atoms with E-state index in [0.717, 1.165) is 5.56 Å². The largest absolute Gasteiger partial charge is 1.00 e. The van der Waals surface area contributed by atoms with Gasteiger partial charge in [-0.2, -0.15) is 0 Å². The van der Waals surface area contributed by atoms with Gasteiger partial charge in [-0.25, -0.2) is 9.97 Å². The molecule has 0 bridgehead atoms. The normalized spacial score (nSPS) is 18.1. The van der Waals surface area contributed by atoms with Gasteiger partial charge in [-0.1, -0.05) is 0 Å². The second-order valence-electron chi connectivity index (χ2n) is 4.03. The zero-order chi connectivity index (χ0) is 11.7.